The van der Waals surface area contributed by atoms with Gasteiger partial charge in [0.1, 0.15) is 11.6 Å². The number of imide groups is 1. The molecule has 9 heteroatoms. The standard InChI is InChI=1S/C19H20N4O2.C10H14.2ClH.Ru/c24-18-10-11-19(25)23(18)15-7-1-6-14-22(16-8-2-4-12-20-16)17-9-3-5-13-21-17;1-8(2)10-6-4-9(3)5-7-10;;;/h2-5,8-13H,1,6-7,14-15H2;4-8H,1-3H3;2*1H;/q;;;;+2/p-2. The first-order valence-corrected chi connectivity index (χ1v) is 14.5. The van der Waals surface area contributed by atoms with Crippen LogP contribution in [0.4, 0.5) is 11.6 Å². The molecule has 0 unspecified atom stereocenters. The average molecular weight is 643 g/mol. The Kier molecular flexibility index (Phi) is 16.4. The second kappa shape index (κ2) is 18.6. The zero-order valence-corrected chi connectivity index (χ0v) is 25.2. The van der Waals surface area contributed by atoms with Crippen molar-refractivity contribution in [1.82, 2.24) is 14.9 Å². The Labute approximate surface area is 246 Å². The third-order valence-corrected chi connectivity index (χ3v) is 5.76. The Hall–Kier alpha value is -2.60. The van der Waals surface area contributed by atoms with E-state index in [9.17, 15) is 9.59 Å². The molecule has 204 valence electrons. The topological polar surface area (TPSA) is 66.4 Å². The molecule has 0 N–H and O–H groups in total. The summed E-state index contributed by atoms with van der Waals surface area (Å²) in [5, 5.41) is 0. The Morgan fingerprint density at radius 1 is 0.816 bits per heavy atom. The van der Waals surface area contributed by atoms with E-state index in [-0.39, 0.29) is 24.2 Å². The number of rotatable bonds is 9. The summed E-state index contributed by atoms with van der Waals surface area (Å²) in [6.45, 7) is 7.78. The van der Waals surface area contributed by atoms with Gasteiger partial charge in [0.15, 0.2) is 0 Å². The summed E-state index contributed by atoms with van der Waals surface area (Å²) >= 11 is 1.82. The predicted molar refractivity (Wildman–Crippen MR) is 146 cm³/mol. The number of nitrogens with zero attached hydrogens (tertiary/aromatic N) is 4. The molecule has 1 aliphatic heterocycles. The molecule has 2 aromatic heterocycles. The van der Waals surface area contributed by atoms with Gasteiger partial charge in [-0.1, -0.05) is 55.8 Å². The van der Waals surface area contributed by atoms with Gasteiger partial charge in [0.05, 0.1) is 0 Å². The summed E-state index contributed by atoms with van der Waals surface area (Å²) in [5.74, 6) is 1.94. The molecule has 2 amide bonds. The molecule has 0 spiro atoms. The maximum absolute atomic E-state index is 11.5. The zero-order valence-electron chi connectivity index (χ0n) is 21.9. The van der Waals surface area contributed by atoms with Crippen molar-refractivity contribution in [3.05, 3.63) is 96.3 Å². The quantitative estimate of drug-likeness (QED) is 0.203. The number of halogens is 2. The number of carbonyl (C=O) groups is 2. The minimum atomic E-state index is -0.214. The van der Waals surface area contributed by atoms with E-state index >= 15 is 0 Å². The molecule has 4 rings (SSSR count). The van der Waals surface area contributed by atoms with Crippen molar-refractivity contribution in [3.8, 4) is 0 Å². The van der Waals surface area contributed by atoms with Gasteiger partial charge in [-0.15, -0.1) is 0 Å². The Bertz CT molecular complexity index is 1060. The minimum absolute atomic E-state index is 0. The average Bonchev–Trinajstić information content (AvgIpc) is 3.25. The van der Waals surface area contributed by atoms with Gasteiger partial charge in [0.2, 0.25) is 0 Å². The summed E-state index contributed by atoms with van der Waals surface area (Å²) in [5.41, 5.74) is 2.76. The molecule has 6 nitrogen and oxygen atoms in total. The number of hydrogen-bond acceptors (Lipinski definition) is 5. The number of aryl methyl sites for hydroxylation is 1. The fourth-order valence-electron chi connectivity index (χ4n) is 3.69. The molecule has 1 aliphatic rings. The van der Waals surface area contributed by atoms with Crippen LogP contribution in [-0.2, 0) is 26.9 Å². The van der Waals surface area contributed by atoms with Gasteiger partial charge >= 0.3 is 27.0 Å². The molecule has 0 radical (unpaired) electrons. The Balaban J connectivity index is 0.000000468. The van der Waals surface area contributed by atoms with Crippen LogP contribution in [-0.4, -0.2) is 39.8 Å². The molecule has 0 fully saturated rings. The first kappa shape index (κ1) is 33.4. The van der Waals surface area contributed by atoms with Crippen LogP contribution in [0.15, 0.2) is 85.2 Å². The molecule has 3 aromatic rings. The number of benzene rings is 1. The van der Waals surface area contributed by atoms with Crippen molar-refractivity contribution in [2.75, 3.05) is 18.0 Å². The van der Waals surface area contributed by atoms with E-state index in [1.54, 1.807) is 12.4 Å². The molecule has 0 saturated heterocycles. The first-order chi connectivity index (χ1) is 18.0. The van der Waals surface area contributed by atoms with Crippen molar-refractivity contribution in [2.24, 2.45) is 0 Å². The molecule has 0 aliphatic carbocycles. The summed E-state index contributed by atoms with van der Waals surface area (Å²) in [6.07, 6.45) is 8.80. The Morgan fingerprint density at radius 2 is 1.34 bits per heavy atom. The molecule has 1 aromatic carbocycles. The van der Waals surface area contributed by atoms with Gasteiger partial charge in [0.25, 0.3) is 11.8 Å². The fourth-order valence-corrected chi connectivity index (χ4v) is 3.69. The van der Waals surface area contributed by atoms with E-state index in [2.05, 4.69) is 69.6 Å². The summed E-state index contributed by atoms with van der Waals surface area (Å²) in [7, 11) is 4.57. The number of unbranched alkanes of at least 4 members (excludes halogenated alkanes) is 2. The zero-order chi connectivity index (χ0) is 27.0. The van der Waals surface area contributed by atoms with Gasteiger partial charge in [-0.2, -0.15) is 0 Å². The first-order valence-electron chi connectivity index (χ1n) is 12.3. The fraction of sp³-hybridized carbons (Fsp3) is 0.310. The number of hydrogen-bond donors (Lipinski definition) is 0. The SMILES string of the molecule is Cc1ccc(C(C)C)cc1.O=C1C=CC(=O)N1CCCCCN(c1ccccn1)c1ccccn1.[Cl-].[Cl][Ru+]. The number of carbonyl (C=O) groups excluding carboxylic acids is 2. The van der Waals surface area contributed by atoms with Crippen LogP contribution in [0.1, 0.15) is 50.2 Å². The van der Waals surface area contributed by atoms with E-state index in [1.807, 2.05) is 53.7 Å². The number of aromatic nitrogens is 2. The third-order valence-electron chi connectivity index (χ3n) is 5.76. The number of anilines is 2. The van der Waals surface area contributed by atoms with Crippen molar-refractivity contribution < 1.29 is 39.3 Å². The molecule has 3 heterocycles. The van der Waals surface area contributed by atoms with Gasteiger partial charge in [0, 0.05) is 37.6 Å². The predicted octanol–water partition coefficient (Wildman–Crippen LogP) is 3.52. The molecule has 0 bridgehead atoms. The maximum atomic E-state index is 11.5. The van der Waals surface area contributed by atoms with E-state index in [0.29, 0.717) is 12.5 Å². The van der Waals surface area contributed by atoms with Gasteiger partial charge in [-0.25, -0.2) is 9.97 Å². The van der Waals surface area contributed by atoms with Crippen LogP contribution < -0.4 is 17.3 Å². The molecule has 0 atom stereocenters. The van der Waals surface area contributed by atoms with Gasteiger partial charge in [-0.05, 0) is 61.9 Å². The van der Waals surface area contributed by atoms with Crippen LogP contribution in [0.5, 0.6) is 0 Å². The summed E-state index contributed by atoms with van der Waals surface area (Å²) in [4.78, 5) is 35.2. The van der Waals surface area contributed by atoms with Crippen LogP contribution >= 0.6 is 9.69 Å². The van der Waals surface area contributed by atoms with Crippen LogP contribution in [0.3, 0.4) is 0 Å². The van der Waals surface area contributed by atoms with Gasteiger partial charge in [-0.3, -0.25) is 14.5 Å². The molecular formula is C29H34Cl2N4O2Ru. The van der Waals surface area contributed by atoms with E-state index in [0.717, 1.165) is 37.4 Å². The number of pyridine rings is 2. The number of amides is 2. The van der Waals surface area contributed by atoms with Crippen molar-refractivity contribution in [1.29, 1.82) is 0 Å². The summed E-state index contributed by atoms with van der Waals surface area (Å²) in [6, 6.07) is 20.3. The van der Waals surface area contributed by atoms with E-state index < -0.39 is 0 Å². The molecular weight excluding hydrogens is 608 g/mol. The van der Waals surface area contributed by atoms with Gasteiger partial charge < -0.3 is 17.3 Å². The van der Waals surface area contributed by atoms with E-state index in [4.69, 9.17) is 0 Å². The molecule has 0 saturated carbocycles. The third kappa shape index (κ3) is 11.0. The normalized spacial score (nSPS) is 11.8. The van der Waals surface area contributed by atoms with Crippen LogP contribution in [0, 0.1) is 6.92 Å². The van der Waals surface area contributed by atoms with Crippen molar-refractivity contribution in [2.45, 2.75) is 46.0 Å². The van der Waals surface area contributed by atoms with Crippen LogP contribution in [0.25, 0.3) is 0 Å². The monoisotopic (exact) mass is 642 g/mol. The summed E-state index contributed by atoms with van der Waals surface area (Å²) < 4.78 is 0. The van der Waals surface area contributed by atoms with E-state index in [1.165, 1.54) is 28.2 Å². The second-order valence-corrected chi connectivity index (χ2v) is 8.82. The van der Waals surface area contributed by atoms with Crippen molar-refractivity contribution in [3.63, 3.8) is 0 Å². The Morgan fingerprint density at radius 3 is 1.79 bits per heavy atom. The second-order valence-electron chi connectivity index (χ2n) is 8.82. The van der Waals surface area contributed by atoms with Crippen molar-refractivity contribution >= 4 is 33.1 Å². The molecule has 38 heavy (non-hydrogen) atoms. The van der Waals surface area contributed by atoms with Crippen LogP contribution in [0.2, 0.25) is 0 Å².